The van der Waals surface area contributed by atoms with Crippen LogP contribution in [0, 0.1) is 19.8 Å². The van der Waals surface area contributed by atoms with Gasteiger partial charge in [0.05, 0.1) is 4.90 Å². The zero-order chi connectivity index (χ0) is 16.2. The summed E-state index contributed by atoms with van der Waals surface area (Å²) in [6.45, 7) is 12.0. The van der Waals surface area contributed by atoms with E-state index < -0.39 is 10.0 Å². The fraction of sp³-hybridized carbons (Fsp3) is 0.625. The molecule has 0 amide bonds. The van der Waals surface area contributed by atoms with E-state index >= 15 is 0 Å². The number of rotatable bonds is 7. The Balaban J connectivity index is 3.24. The average Bonchev–Trinajstić information content (AvgIpc) is 2.38. The van der Waals surface area contributed by atoms with E-state index in [0.717, 1.165) is 23.2 Å². The van der Waals surface area contributed by atoms with E-state index in [9.17, 15) is 8.42 Å². The van der Waals surface area contributed by atoms with Crippen LogP contribution in [0.15, 0.2) is 17.0 Å². The number of nitrogens with zero attached hydrogens (tertiary/aromatic N) is 1. The second-order valence-corrected chi connectivity index (χ2v) is 8.01. The topological polar surface area (TPSA) is 49.4 Å². The maximum atomic E-state index is 12.8. The zero-order valence-electron chi connectivity index (χ0n) is 14.0. The van der Waals surface area contributed by atoms with E-state index in [0.29, 0.717) is 23.9 Å². The molecule has 0 aromatic heterocycles. The molecule has 1 N–H and O–H groups in total. The van der Waals surface area contributed by atoms with Crippen LogP contribution < -0.4 is 5.32 Å². The highest BCUT2D eigenvalue weighted by Crippen LogP contribution is 2.24. The number of nitrogens with one attached hydrogen (secondary N) is 1. The van der Waals surface area contributed by atoms with Crippen LogP contribution in [-0.2, 0) is 16.6 Å². The van der Waals surface area contributed by atoms with E-state index in [1.54, 1.807) is 13.1 Å². The molecule has 0 heterocycles. The minimum Gasteiger partial charge on any atom is -0.313 e. The Hall–Kier alpha value is -0.910. The van der Waals surface area contributed by atoms with Crippen molar-refractivity contribution < 1.29 is 8.42 Å². The summed E-state index contributed by atoms with van der Waals surface area (Å²) in [5.74, 6) is 0.302. The molecule has 0 saturated heterocycles. The third-order valence-electron chi connectivity index (χ3n) is 3.57. The first-order valence-corrected chi connectivity index (χ1v) is 8.91. The van der Waals surface area contributed by atoms with Gasteiger partial charge in [0.25, 0.3) is 0 Å². The first kappa shape index (κ1) is 18.1. The largest absolute Gasteiger partial charge is 0.313 e. The van der Waals surface area contributed by atoms with E-state index in [2.05, 4.69) is 11.4 Å². The summed E-state index contributed by atoms with van der Waals surface area (Å²) in [6.07, 6.45) is 0. The Morgan fingerprint density at radius 3 is 2.38 bits per heavy atom. The van der Waals surface area contributed by atoms with Crippen molar-refractivity contribution >= 4 is 10.0 Å². The molecule has 4 nitrogen and oxygen atoms in total. The van der Waals surface area contributed by atoms with Crippen LogP contribution in [-0.4, -0.2) is 32.9 Å². The van der Waals surface area contributed by atoms with Crippen LogP contribution in [0.25, 0.3) is 0 Å². The summed E-state index contributed by atoms with van der Waals surface area (Å²) in [5, 5.41) is 3.24. The SMILES string of the molecule is CCNCc1cc(C)c(C)c(S(=O)(=O)N(C)CC(C)C)c1. The molecule has 0 atom stereocenters. The van der Waals surface area contributed by atoms with Crippen molar-refractivity contribution in [2.75, 3.05) is 20.1 Å². The summed E-state index contributed by atoms with van der Waals surface area (Å²) in [6, 6.07) is 3.86. The van der Waals surface area contributed by atoms with Gasteiger partial charge in [0.15, 0.2) is 0 Å². The van der Waals surface area contributed by atoms with Crippen LogP contribution in [0.1, 0.15) is 37.5 Å². The van der Waals surface area contributed by atoms with Crippen LogP contribution in [0.3, 0.4) is 0 Å². The highest BCUT2D eigenvalue weighted by atomic mass is 32.2. The molecule has 0 unspecified atom stereocenters. The first-order chi connectivity index (χ1) is 9.70. The fourth-order valence-electron chi connectivity index (χ4n) is 2.32. The maximum absolute atomic E-state index is 12.8. The van der Waals surface area contributed by atoms with Gasteiger partial charge >= 0.3 is 0 Å². The predicted molar refractivity (Wildman–Crippen MR) is 88.0 cm³/mol. The van der Waals surface area contributed by atoms with Gasteiger partial charge < -0.3 is 5.32 Å². The Labute approximate surface area is 129 Å². The molecule has 1 aromatic carbocycles. The highest BCUT2D eigenvalue weighted by molar-refractivity contribution is 7.89. The summed E-state index contributed by atoms with van der Waals surface area (Å²) in [4.78, 5) is 0.429. The van der Waals surface area contributed by atoms with Gasteiger partial charge in [-0.3, -0.25) is 0 Å². The van der Waals surface area contributed by atoms with Gasteiger partial charge in [-0.25, -0.2) is 12.7 Å². The third kappa shape index (κ3) is 4.53. The van der Waals surface area contributed by atoms with Crippen molar-refractivity contribution in [2.45, 2.75) is 46.1 Å². The molecule has 0 aliphatic carbocycles. The lowest BCUT2D eigenvalue weighted by atomic mass is 10.1. The van der Waals surface area contributed by atoms with Crippen molar-refractivity contribution in [3.05, 3.63) is 28.8 Å². The second-order valence-electron chi connectivity index (χ2n) is 6.00. The van der Waals surface area contributed by atoms with Gasteiger partial charge in [-0.2, -0.15) is 0 Å². The van der Waals surface area contributed by atoms with Crippen LogP contribution in [0.5, 0.6) is 0 Å². The Bertz CT molecular complexity index is 580. The van der Waals surface area contributed by atoms with Crippen molar-refractivity contribution in [1.29, 1.82) is 0 Å². The van der Waals surface area contributed by atoms with Crippen molar-refractivity contribution in [3.8, 4) is 0 Å². The minimum absolute atomic E-state index is 0.302. The Kier molecular flexibility index (Phi) is 6.38. The van der Waals surface area contributed by atoms with Gasteiger partial charge in [0.2, 0.25) is 10.0 Å². The molecule has 1 aromatic rings. The summed E-state index contributed by atoms with van der Waals surface area (Å²) in [5.41, 5.74) is 2.87. The number of hydrogen-bond acceptors (Lipinski definition) is 3. The van der Waals surface area contributed by atoms with Gasteiger partial charge in [-0.1, -0.05) is 26.8 Å². The molecular weight excluding hydrogens is 284 g/mol. The normalized spacial score (nSPS) is 12.4. The van der Waals surface area contributed by atoms with Gasteiger partial charge in [-0.15, -0.1) is 0 Å². The van der Waals surface area contributed by atoms with Gasteiger partial charge in [-0.05, 0) is 49.1 Å². The van der Waals surface area contributed by atoms with E-state index in [1.807, 2.05) is 34.6 Å². The van der Waals surface area contributed by atoms with Crippen molar-refractivity contribution in [3.63, 3.8) is 0 Å². The Morgan fingerprint density at radius 1 is 1.24 bits per heavy atom. The molecule has 0 radical (unpaired) electrons. The molecule has 1 rings (SSSR count). The van der Waals surface area contributed by atoms with Crippen LogP contribution >= 0.6 is 0 Å². The summed E-state index contributed by atoms with van der Waals surface area (Å²) in [7, 11) is -1.78. The second kappa shape index (κ2) is 7.38. The highest BCUT2D eigenvalue weighted by Gasteiger charge is 2.24. The quantitative estimate of drug-likeness (QED) is 0.842. The van der Waals surface area contributed by atoms with Gasteiger partial charge in [0, 0.05) is 20.1 Å². The molecule has 0 fully saturated rings. The molecule has 0 saturated carbocycles. The smallest absolute Gasteiger partial charge is 0.243 e. The number of hydrogen-bond donors (Lipinski definition) is 1. The van der Waals surface area contributed by atoms with Crippen LogP contribution in [0.4, 0.5) is 0 Å². The molecule has 5 heteroatoms. The molecular formula is C16H28N2O2S. The molecule has 0 aliphatic heterocycles. The fourth-order valence-corrected chi connectivity index (χ4v) is 4.00. The summed E-state index contributed by atoms with van der Waals surface area (Å²) >= 11 is 0. The predicted octanol–water partition coefficient (Wildman–Crippen LogP) is 2.69. The van der Waals surface area contributed by atoms with Crippen LogP contribution in [0.2, 0.25) is 0 Å². The molecule has 21 heavy (non-hydrogen) atoms. The number of sulfonamides is 1. The number of aryl methyl sites for hydroxylation is 1. The Morgan fingerprint density at radius 2 is 1.86 bits per heavy atom. The monoisotopic (exact) mass is 312 g/mol. The van der Waals surface area contributed by atoms with Crippen molar-refractivity contribution in [1.82, 2.24) is 9.62 Å². The third-order valence-corrected chi connectivity index (χ3v) is 5.52. The van der Waals surface area contributed by atoms with E-state index in [4.69, 9.17) is 0 Å². The molecule has 0 bridgehead atoms. The number of benzene rings is 1. The van der Waals surface area contributed by atoms with E-state index in [-0.39, 0.29) is 0 Å². The van der Waals surface area contributed by atoms with Crippen molar-refractivity contribution in [2.24, 2.45) is 5.92 Å². The molecule has 120 valence electrons. The lowest BCUT2D eigenvalue weighted by Crippen LogP contribution is -2.31. The standard InChI is InChI=1S/C16H28N2O2S/c1-7-17-10-15-8-13(4)14(5)16(9-15)21(19,20)18(6)11-12(2)3/h8-9,12,17H,7,10-11H2,1-6H3. The summed E-state index contributed by atoms with van der Waals surface area (Å²) < 4.78 is 27.0. The first-order valence-electron chi connectivity index (χ1n) is 7.47. The minimum atomic E-state index is -3.43. The van der Waals surface area contributed by atoms with E-state index in [1.165, 1.54) is 4.31 Å². The zero-order valence-corrected chi connectivity index (χ0v) is 14.8. The van der Waals surface area contributed by atoms with Gasteiger partial charge in [0.1, 0.15) is 0 Å². The lowest BCUT2D eigenvalue weighted by Gasteiger charge is -2.21. The lowest BCUT2D eigenvalue weighted by molar-refractivity contribution is 0.417. The molecule has 0 aliphatic rings. The maximum Gasteiger partial charge on any atom is 0.243 e. The average molecular weight is 312 g/mol. The molecule has 0 spiro atoms.